The summed E-state index contributed by atoms with van der Waals surface area (Å²) in [6.45, 7) is 4.99. The molecule has 0 aromatic rings. The van der Waals surface area contributed by atoms with E-state index < -0.39 is 12.1 Å². The maximum absolute atomic E-state index is 12.5. The van der Waals surface area contributed by atoms with Crippen molar-refractivity contribution in [1.29, 1.82) is 0 Å². The summed E-state index contributed by atoms with van der Waals surface area (Å²) in [6.07, 6.45) is 77.0. The zero-order valence-corrected chi connectivity index (χ0v) is 50.6. The number of nitrogens with one attached hydrogen (secondary N) is 1. The van der Waals surface area contributed by atoms with Gasteiger partial charge in [0.05, 0.1) is 25.4 Å². The van der Waals surface area contributed by atoms with Crippen molar-refractivity contribution in [1.82, 2.24) is 5.32 Å². The van der Waals surface area contributed by atoms with Gasteiger partial charge < -0.3 is 20.3 Å². The van der Waals surface area contributed by atoms with E-state index in [2.05, 4.69) is 19.2 Å². The molecular formula is C68H135NO5. The van der Waals surface area contributed by atoms with Gasteiger partial charge in [-0.3, -0.25) is 9.59 Å². The number of hydrogen-bond acceptors (Lipinski definition) is 5. The van der Waals surface area contributed by atoms with E-state index in [0.717, 1.165) is 38.5 Å². The SMILES string of the molecule is CCCCCCCCCCCCCCCCCCCCCCCCCCC(O)C(CO)NC(=O)CCCCCCCCCCCCCCCCCCOC(=O)CCCCCCCCCCCCCCCCCCC. The molecule has 0 fully saturated rings. The Morgan fingerprint density at radius 1 is 0.324 bits per heavy atom. The monoisotopic (exact) mass is 1050 g/mol. The van der Waals surface area contributed by atoms with Crippen LogP contribution in [0.25, 0.3) is 0 Å². The molecular weight excluding hydrogens is 911 g/mol. The zero-order chi connectivity index (χ0) is 53.6. The highest BCUT2D eigenvalue weighted by atomic mass is 16.5. The van der Waals surface area contributed by atoms with Gasteiger partial charge in [-0.2, -0.15) is 0 Å². The first-order chi connectivity index (χ1) is 36.5. The molecule has 3 N–H and O–H groups in total. The molecule has 0 aliphatic carbocycles. The van der Waals surface area contributed by atoms with E-state index >= 15 is 0 Å². The van der Waals surface area contributed by atoms with E-state index in [9.17, 15) is 19.8 Å². The molecule has 74 heavy (non-hydrogen) atoms. The number of aliphatic hydroxyl groups is 2. The molecule has 0 aliphatic rings. The highest BCUT2D eigenvalue weighted by Crippen LogP contribution is 2.19. The van der Waals surface area contributed by atoms with E-state index in [1.807, 2.05) is 0 Å². The average molecular weight is 1050 g/mol. The minimum Gasteiger partial charge on any atom is -0.466 e. The lowest BCUT2D eigenvalue weighted by atomic mass is 10.0. The van der Waals surface area contributed by atoms with Gasteiger partial charge in [0.15, 0.2) is 0 Å². The van der Waals surface area contributed by atoms with Crippen LogP contribution in [0.3, 0.4) is 0 Å². The van der Waals surface area contributed by atoms with Crippen LogP contribution in [0.4, 0.5) is 0 Å². The lowest BCUT2D eigenvalue weighted by Gasteiger charge is -2.22. The Labute approximate surface area is 464 Å². The molecule has 0 aromatic heterocycles. The van der Waals surface area contributed by atoms with Gasteiger partial charge in [0.25, 0.3) is 0 Å². The summed E-state index contributed by atoms with van der Waals surface area (Å²) in [4.78, 5) is 24.6. The molecule has 0 saturated carbocycles. The van der Waals surface area contributed by atoms with E-state index in [1.165, 1.54) is 327 Å². The van der Waals surface area contributed by atoms with Gasteiger partial charge in [0.2, 0.25) is 5.91 Å². The van der Waals surface area contributed by atoms with Crippen LogP contribution in [0.15, 0.2) is 0 Å². The molecule has 0 aromatic carbocycles. The van der Waals surface area contributed by atoms with Crippen molar-refractivity contribution in [2.45, 2.75) is 411 Å². The molecule has 0 radical (unpaired) electrons. The Kier molecular flexibility index (Phi) is 63.4. The van der Waals surface area contributed by atoms with Gasteiger partial charge >= 0.3 is 5.97 Å². The lowest BCUT2D eigenvalue weighted by Crippen LogP contribution is -2.45. The third kappa shape index (κ3) is 60.1. The molecule has 6 nitrogen and oxygen atoms in total. The molecule has 0 bridgehead atoms. The molecule has 0 saturated heterocycles. The number of amides is 1. The van der Waals surface area contributed by atoms with Crippen LogP contribution < -0.4 is 5.32 Å². The Balaban J connectivity index is 3.39. The number of rotatable bonds is 65. The molecule has 2 unspecified atom stereocenters. The number of unbranched alkanes of at least 4 members (excludes halogenated alkanes) is 54. The molecule has 6 heteroatoms. The van der Waals surface area contributed by atoms with E-state index in [4.69, 9.17) is 4.74 Å². The Hall–Kier alpha value is -1.14. The Morgan fingerprint density at radius 3 is 0.824 bits per heavy atom. The second-order valence-electron chi connectivity index (χ2n) is 23.9. The smallest absolute Gasteiger partial charge is 0.305 e. The summed E-state index contributed by atoms with van der Waals surface area (Å²) in [5.41, 5.74) is 0. The molecule has 0 rings (SSSR count). The van der Waals surface area contributed by atoms with Crippen LogP contribution in [-0.2, 0) is 14.3 Å². The van der Waals surface area contributed by atoms with Gasteiger partial charge in [-0.25, -0.2) is 0 Å². The van der Waals surface area contributed by atoms with Gasteiger partial charge in [-0.1, -0.05) is 361 Å². The number of carbonyl (C=O) groups is 2. The van der Waals surface area contributed by atoms with Gasteiger partial charge in [0.1, 0.15) is 0 Å². The Bertz CT molecular complexity index is 1070. The van der Waals surface area contributed by atoms with Gasteiger partial charge in [-0.05, 0) is 25.7 Å². The van der Waals surface area contributed by atoms with Crippen LogP contribution >= 0.6 is 0 Å². The van der Waals surface area contributed by atoms with Crippen molar-refractivity contribution in [3.8, 4) is 0 Å². The van der Waals surface area contributed by atoms with Crippen LogP contribution in [0.2, 0.25) is 0 Å². The molecule has 1 amide bonds. The predicted molar refractivity (Wildman–Crippen MR) is 324 cm³/mol. The summed E-state index contributed by atoms with van der Waals surface area (Å²) < 4.78 is 5.50. The summed E-state index contributed by atoms with van der Waals surface area (Å²) in [5.74, 6) is -0.0269. The first kappa shape index (κ1) is 72.9. The third-order valence-corrected chi connectivity index (χ3v) is 16.4. The first-order valence-corrected chi connectivity index (χ1v) is 34.3. The predicted octanol–water partition coefficient (Wildman–Crippen LogP) is 21.8. The topological polar surface area (TPSA) is 95.9 Å². The fourth-order valence-corrected chi connectivity index (χ4v) is 11.2. The molecule has 0 aliphatic heterocycles. The molecule has 0 spiro atoms. The number of esters is 1. The van der Waals surface area contributed by atoms with Gasteiger partial charge in [-0.15, -0.1) is 0 Å². The van der Waals surface area contributed by atoms with Crippen molar-refractivity contribution in [3.63, 3.8) is 0 Å². The highest BCUT2D eigenvalue weighted by molar-refractivity contribution is 5.76. The second-order valence-corrected chi connectivity index (χ2v) is 23.9. The molecule has 0 heterocycles. The number of carbonyl (C=O) groups excluding carboxylic acids is 2. The van der Waals surface area contributed by atoms with Crippen LogP contribution in [0.1, 0.15) is 399 Å². The van der Waals surface area contributed by atoms with Crippen molar-refractivity contribution >= 4 is 11.9 Å². The highest BCUT2D eigenvalue weighted by Gasteiger charge is 2.20. The van der Waals surface area contributed by atoms with Crippen LogP contribution in [0, 0.1) is 0 Å². The van der Waals surface area contributed by atoms with Gasteiger partial charge in [0, 0.05) is 12.8 Å². The first-order valence-electron chi connectivity index (χ1n) is 34.3. The number of aliphatic hydroxyl groups excluding tert-OH is 2. The maximum Gasteiger partial charge on any atom is 0.305 e. The average Bonchev–Trinajstić information content (AvgIpc) is 3.40. The number of hydrogen-bond donors (Lipinski definition) is 3. The number of ether oxygens (including phenoxy) is 1. The fraction of sp³-hybridized carbons (Fsp3) is 0.971. The van der Waals surface area contributed by atoms with Crippen molar-refractivity contribution in [3.05, 3.63) is 0 Å². The fourth-order valence-electron chi connectivity index (χ4n) is 11.2. The summed E-state index contributed by atoms with van der Waals surface area (Å²) in [7, 11) is 0. The summed E-state index contributed by atoms with van der Waals surface area (Å²) in [5, 5.41) is 23.4. The van der Waals surface area contributed by atoms with Crippen molar-refractivity contribution in [2.75, 3.05) is 13.2 Å². The standard InChI is InChI=1S/C68H135NO5/c1-3-5-7-9-11-13-15-17-19-21-22-23-24-25-26-27-29-32-36-40-44-48-52-56-60-66(71)65(64-70)69-67(72)61-57-53-49-45-41-37-33-30-31-35-39-43-47-51-55-59-63-74-68(73)62-58-54-50-46-42-38-34-28-20-18-16-14-12-10-8-6-4-2/h65-66,70-71H,3-64H2,1-2H3,(H,69,72). The van der Waals surface area contributed by atoms with E-state index in [0.29, 0.717) is 25.9 Å². The van der Waals surface area contributed by atoms with Crippen molar-refractivity contribution < 1.29 is 24.5 Å². The van der Waals surface area contributed by atoms with Crippen molar-refractivity contribution in [2.24, 2.45) is 0 Å². The normalized spacial score (nSPS) is 12.4. The lowest BCUT2D eigenvalue weighted by molar-refractivity contribution is -0.143. The van der Waals surface area contributed by atoms with Crippen LogP contribution in [0.5, 0.6) is 0 Å². The quantitative estimate of drug-likeness (QED) is 0.0417. The zero-order valence-electron chi connectivity index (χ0n) is 50.6. The largest absolute Gasteiger partial charge is 0.466 e. The molecule has 442 valence electrons. The van der Waals surface area contributed by atoms with E-state index in [1.54, 1.807) is 0 Å². The summed E-state index contributed by atoms with van der Waals surface area (Å²) >= 11 is 0. The third-order valence-electron chi connectivity index (χ3n) is 16.4. The Morgan fingerprint density at radius 2 is 0.554 bits per heavy atom. The second kappa shape index (κ2) is 64.4. The molecule has 2 atom stereocenters. The van der Waals surface area contributed by atoms with Crippen LogP contribution in [-0.4, -0.2) is 47.4 Å². The summed E-state index contributed by atoms with van der Waals surface area (Å²) in [6, 6.07) is -0.547. The minimum atomic E-state index is -0.669. The minimum absolute atomic E-state index is 0.00900. The van der Waals surface area contributed by atoms with E-state index in [-0.39, 0.29) is 18.5 Å². The maximum atomic E-state index is 12.5.